The molecule has 4 rings (SSSR count). The SMILES string of the molecule is CN1[C@@H]2CC[C@@H]1C=C1C(C#N)=C(N)C(C#N)(C#N)[C@@H](c3ccccc3C(F)(F)F)[C@H]12. The molecule has 0 spiro atoms. The molecule has 2 aliphatic heterocycles. The van der Waals surface area contributed by atoms with Crippen LogP contribution in [-0.4, -0.2) is 24.0 Å². The zero-order valence-corrected chi connectivity index (χ0v) is 16.1. The Kier molecular flexibility index (Phi) is 4.42. The topological polar surface area (TPSA) is 101 Å². The van der Waals surface area contributed by atoms with Crippen LogP contribution >= 0.6 is 0 Å². The number of rotatable bonds is 1. The van der Waals surface area contributed by atoms with Gasteiger partial charge in [-0.1, -0.05) is 24.3 Å². The minimum atomic E-state index is -4.66. The largest absolute Gasteiger partial charge is 0.416 e. The maximum absolute atomic E-state index is 13.9. The van der Waals surface area contributed by atoms with E-state index in [4.69, 9.17) is 5.73 Å². The zero-order chi connectivity index (χ0) is 21.8. The summed E-state index contributed by atoms with van der Waals surface area (Å²) in [5, 5.41) is 29.9. The summed E-state index contributed by atoms with van der Waals surface area (Å²) in [6.07, 6.45) is -1.30. The molecule has 5 nitrogen and oxygen atoms in total. The molecule has 3 aliphatic rings. The Morgan fingerprint density at radius 3 is 2.40 bits per heavy atom. The number of fused-ring (bicyclic) bond motifs is 4. The number of allylic oxidation sites excluding steroid dienone is 2. The normalized spacial score (nSPS) is 30.0. The highest BCUT2D eigenvalue weighted by Gasteiger charge is 2.59. The van der Waals surface area contributed by atoms with Gasteiger partial charge in [-0.2, -0.15) is 29.0 Å². The monoisotopic (exact) mass is 409 g/mol. The maximum atomic E-state index is 13.9. The molecule has 0 amide bonds. The molecule has 1 saturated heterocycles. The third kappa shape index (κ3) is 2.49. The van der Waals surface area contributed by atoms with Gasteiger partial charge < -0.3 is 5.73 Å². The van der Waals surface area contributed by atoms with Crippen LogP contribution in [0.1, 0.15) is 29.9 Å². The van der Waals surface area contributed by atoms with Crippen molar-refractivity contribution in [3.8, 4) is 18.2 Å². The Morgan fingerprint density at radius 1 is 1.13 bits per heavy atom. The first-order chi connectivity index (χ1) is 14.2. The summed E-state index contributed by atoms with van der Waals surface area (Å²) in [6.45, 7) is 0. The standard InChI is InChI=1S/C22H18F3N5/c1-30-12-6-7-17(30)18-14(8-12)15(9-26)20(29)21(10-27,11-28)19(18)13-4-2-3-5-16(13)22(23,24)25/h2-5,8,12,17-19H,6-7,29H2,1H3/t12-,17-,18-,19+/m1/s1. The van der Waals surface area contributed by atoms with Crippen molar-refractivity contribution in [3.05, 3.63) is 58.3 Å². The summed E-state index contributed by atoms with van der Waals surface area (Å²) in [4.78, 5) is 2.06. The molecule has 152 valence electrons. The van der Waals surface area contributed by atoms with E-state index >= 15 is 0 Å². The van der Waals surface area contributed by atoms with Gasteiger partial charge in [0.2, 0.25) is 0 Å². The van der Waals surface area contributed by atoms with Crippen LogP contribution in [0.15, 0.2) is 47.2 Å². The van der Waals surface area contributed by atoms with Gasteiger partial charge in [0.05, 0.1) is 29.0 Å². The average molecular weight is 409 g/mol. The van der Waals surface area contributed by atoms with Crippen LogP contribution < -0.4 is 5.73 Å². The maximum Gasteiger partial charge on any atom is 0.416 e. The van der Waals surface area contributed by atoms with E-state index in [0.29, 0.717) is 12.0 Å². The summed E-state index contributed by atoms with van der Waals surface area (Å²) in [6, 6.07) is 10.7. The van der Waals surface area contributed by atoms with Crippen molar-refractivity contribution >= 4 is 0 Å². The highest BCUT2D eigenvalue weighted by atomic mass is 19.4. The number of likely N-dealkylation sites (N-methyl/N-ethyl adjacent to an activating group) is 1. The number of benzene rings is 1. The molecule has 0 unspecified atom stereocenters. The predicted octanol–water partition coefficient (Wildman–Crippen LogP) is 3.59. The lowest BCUT2D eigenvalue weighted by Gasteiger charge is -2.48. The molecule has 4 atom stereocenters. The second-order valence-electron chi connectivity index (χ2n) is 8.02. The first kappa shape index (κ1) is 20.0. The van der Waals surface area contributed by atoms with Crippen LogP contribution in [0, 0.1) is 45.3 Å². The third-order valence-electron chi connectivity index (χ3n) is 6.82. The number of hydrogen-bond acceptors (Lipinski definition) is 5. The van der Waals surface area contributed by atoms with Crippen LogP contribution in [0.2, 0.25) is 0 Å². The first-order valence-electron chi connectivity index (χ1n) is 9.54. The van der Waals surface area contributed by atoms with E-state index in [2.05, 4.69) is 4.90 Å². The quantitative estimate of drug-likeness (QED) is 0.764. The first-order valence-corrected chi connectivity index (χ1v) is 9.54. The smallest absolute Gasteiger partial charge is 0.399 e. The molecule has 2 heterocycles. The Morgan fingerprint density at radius 2 is 1.80 bits per heavy atom. The van der Waals surface area contributed by atoms with Crippen LogP contribution in [0.5, 0.6) is 0 Å². The molecule has 0 aromatic heterocycles. The third-order valence-corrected chi connectivity index (χ3v) is 6.82. The van der Waals surface area contributed by atoms with E-state index in [1.165, 1.54) is 18.2 Å². The van der Waals surface area contributed by atoms with Crippen LogP contribution in [0.4, 0.5) is 13.2 Å². The lowest BCUT2D eigenvalue weighted by molar-refractivity contribution is -0.138. The number of nitrogens with two attached hydrogens (primary N) is 1. The summed E-state index contributed by atoms with van der Waals surface area (Å²) < 4.78 is 41.7. The van der Waals surface area contributed by atoms with Gasteiger partial charge in [0.1, 0.15) is 6.07 Å². The molecule has 0 saturated carbocycles. The molecule has 30 heavy (non-hydrogen) atoms. The Bertz CT molecular complexity index is 1080. The molecule has 1 fully saturated rings. The van der Waals surface area contributed by atoms with Crippen molar-refractivity contribution in [3.63, 3.8) is 0 Å². The molecular weight excluding hydrogens is 391 g/mol. The molecule has 2 bridgehead atoms. The Hall–Kier alpha value is -3.28. The van der Waals surface area contributed by atoms with Crippen LogP contribution in [-0.2, 0) is 6.18 Å². The van der Waals surface area contributed by atoms with Gasteiger partial charge in [-0.05, 0) is 37.1 Å². The van der Waals surface area contributed by atoms with E-state index < -0.39 is 29.0 Å². The minimum Gasteiger partial charge on any atom is -0.399 e. The summed E-state index contributed by atoms with van der Waals surface area (Å²) in [7, 11) is 1.89. The van der Waals surface area contributed by atoms with E-state index in [-0.39, 0.29) is 28.9 Å². The lowest BCUT2D eigenvalue weighted by atomic mass is 9.56. The number of hydrogen-bond donors (Lipinski definition) is 1. The van der Waals surface area contributed by atoms with Crippen LogP contribution in [0.25, 0.3) is 0 Å². The summed E-state index contributed by atoms with van der Waals surface area (Å²) in [5.41, 5.74) is 3.45. The molecule has 0 radical (unpaired) electrons. The summed E-state index contributed by atoms with van der Waals surface area (Å²) in [5.74, 6) is -1.78. The molecule has 1 aromatic rings. The van der Waals surface area contributed by atoms with Crippen molar-refractivity contribution in [1.82, 2.24) is 4.90 Å². The number of halogens is 3. The number of nitriles is 3. The Labute approximate surface area is 172 Å². The van der Waals surface area contributed by atoms with Crippen molar-refractivity contribution in [2.75, 3.05) is 7.05 Å². The highest BCUT2D eigenvalue weighted by Crippen LogP contribution is 2.59. The van der Waals surface area contributed by atoms with Crippen molar-refractivity contribution in [2.45, 2.75) is 37.0 Å². The van der Waals surface area contributed by atoms with Gasteiger partial charge >= 0.3 is 6.18 Å². The zero-order valence-electron chi connectivity index (χ0n) is 16.1. The molecule has 8 heteroatoms. The minimum absolute atomic E-state index is 0.0487. The number of alkyl halides is 3. The van der Waals surface area contributed by atoms with Crippen molar-refractivity contribution in [1.29, 1.82) is 15.8 Å². The lowest BCUT2D eigenvalue weighted by Crippen LogP contribution is -2.51. The van der Waals surface area contributed by atoms with Gasteiger partial charge in [-0.3, -0.25) is 4.90 Å². The second-order valence-corrected chi connectivity index (χ2v) is 8.02. The second kappa shape index (κ2) is 6.62. The average Bonchev–Trinajstić information content (AvgIpc) is 2.95. The molecule has 1 aromatic carbocycles. The fourth-order valence-corrected chi connectivity index (χ4v) is 5.46. The van der Waals surface area contributed by atoms with Gasteiger partial charge in [0.15, 0.2) is 5.41 Å². The molecule has 1 aliphatic carbocycles. The fourth-order valence-electron chi connectivity index (χ4n) is 5.46. The van der Waals surface area contributed by atoms with Crippen molar-refractivity contribution < 1.29 is 13.2 Å². The van der Waals surface area contributed by atoms with Crippen molar-refractivity contribution in [2.24, 2.45) is 17.1 Å². The van der Waals surface area contributed by atoms with E-state index in [1.54, 1.807) is 0 Å². The predicted molar refractivity (Wildman–Crippen MR) is 101 cm³/mol. The number of nitrogens with zero attached hydrogens (tertiary/aromatic N) is 4. The highest BCUT2D eigenvalue weighted by molar-refractivity contribution is 5.61. The Balaban J connectivity index is 2.09. The molecular formula is C22H18F3N5. The molecule has 2 N–H and O–H groups in total. The van der Waals surface area contributed by atoms with E-state index in [1.807, 2.05) is 31.3 Å². The van der Waals surface area contributed by atoms with E-state index in [0.717, 1.165) is 12.5 Å². The van der Waals surface area contributed by atoms with Gasteiger partial charge in [-0.25, -0.2) is 0 Å². The fraction of sp³-hybridized carbons (Fsp3) is 0.409. The van der Waals surface area contributed by atoms with E-state index in [9.17, 15) is 29.0 Å². The van der Waals surface area contributed by atoms with Crippen LogP contribution in [0.3, 0.4) is 0 Å². The van der Waals surface area contributed by atoms with Gasteiger partial charge in [0.25, 0.3) is 0 Å². The van der Waals surface area contributed by atoms with Gasteiger partial charge in [0, 0.05) is 23.9 Å². The summed E-state index contributed by atoms with van der Waals surface area (Å²) >= 11 is 0. The van der Waals surface area contributed by atoms with Gasteiger partial charge in [-0.15, -0.1) is 0 Å².